The monoisotopic (exact) mass is 202 g/mol. The summed E-state index contributed by atoms with van der Waals surface area (Å²) in [5, 5.41) is 0. The van der Waals surface area contributed by atoms with Gasteiger partial charge in [0.1, 0.15) is 25.7 Å². The van der Waals surface area contributed by atoms with Crippen LogP contribution < -0.4 is 0 Å². The molecule has 0 spiro atoms. The molecule has 0 N–H and O–H groups in total. The van der Waals surface area contributed by atoms with Crippen LogP contribution in [0.4, 0.5) is 0 Å². The van der Waals surface area contributed by atoms with Crippen molar-refractivity contribution in [1.82, 2.24) is 0 Å². The number of ether oxygens (including phenoxy) is 4. The maximum absolute atomic E-state index is 10.1. The second kappa shape index (κ2) is 5.98. The molecule has 0 amide bonds. The molecule has 1 saturated heterocycles. The van der Waals surface area contributed by atoms with E-state index in [4.69, 9.17) is 4.74 Å². The molecule has 0 aliphatic carbocycles. The van der Waals surface area contributed by atoms with Gasteiger partial charge in [0.05, 0.1) is 6.61 Å². The Labute approximate surface area is 80.4 Å². The number of hydrogen-bond donors (Lipinski definition) is 0. The minimum atomic E-state index is -0.345. The lowest BCUT2D eigenvalue weighted by molar-refractivity contribution is -0.159. The van der Waals surface area contributed by atoms with Crippen molar-refractivity contribution in [2.24, 2.45) is 0 Å². The molecule has 6 nitrogen and oxygen atoms in total. The van der Waals surface area contributed by atoms with Crippen molar-refractivity contribution in [2.75, 3.05) is 26.4 Å². The highest BCUT2D eigenvalue weighted by Crippen LogP contribution is 1.90. The van der Waals surface area contributed by atoms with Gasteiger partial charge < -0.3 is 18.9 Å². The average molecular weight is 202 g/mol. The fourth-order valence-electron chi connectivity index (χ4n) is 0.705. The normalized spacial score (nSPS) is 19.7. The summed E-state index contributed by atoms with van der Waals surface area (Å²) in [5.41, 5.74) is 0. The Bertz CT molecular complexity index is 226. The van der Waals surface area contributed by atoms with Gasteiger partial charge >= 0.3 is 11.9 Å². The standard InChI is InChI=1S/C4H6O3.C4H4O3/c2*5-4-3-6-1-2-7-4/h1-3H2;1-2H,3H2. The maximum atomic E-state index is 10.1. The fourth-order valence-corrected chi connectivity index (χ4v) is 0.705. The van der Waals surface area contributed by atoms with Crippen molar-refractivity contribution in [3.8, 4) is 0 Å². The van der Waals surface area contributed by atoms with E-state index in [0.717, 1.165) is 0 Å². The molecule has 0 radical (unpaired) electrons. The first-order chi connectivity index (χ1) is 6.79. The Kier molecular flexibility index (Phi) is 4.49. The lowest BCUT2D eigenvalue weighted by atomic mass is 10.6. The number of carbonyl (C=O) groups is 2. The average Bonchev–Trinajstić information content (AvgIpc) is 2.21. The lowest BCUT2D eigenvalue weighted by Crippen LogP contribution is -2.22. The highest BCUT2D eigenvalue weighted by atomic mass is 16.6. The summed E-state index contributed by atoms with van der Waals surface area (Å²) in [6, 6.07) is 0. The van der Waals surface area contributed by atoms with Crippen LogP contribution in [0.3, 0.4) is 0 Å². The van der Waals surface area contributed by atoms with Gasteiger partial charge in [0, 0.05) is 0 Å². The first-order valence-corrected chi connectivity index (χ1v) is 3.98. The topological polar surface area (TPSA) is 71.1 Å². The molecule has 0 unspecified atom stereocenters. The van der Waals surface area contributed by atoms with E-state index >= 15 is 0 Å². The predicted molar refractivity (Wildman–Crippen MR) is 43.0 cm³/mol. The third-order valence-electron chi connectivity index (χ3n) is 1.26. The highest BCUT2D eigenvalue weighted by Gasteiger charge is 2.06. The molecule has 0 bridgehead atoms. The van der Waals surface area contributed by atoms with Crippen LogP contribution in [0.25, 0.3) is 0 Å². The van der Waals surface area contributed by atoms with Crippen LogP contribution in [-0.4, -0.2) is 38.4 Å². The minimum Gasteiger partial charge on any atom is -0.486 e. The number of esters is 2. The highest BCUT2D eigenvalue weighted by molar-refractivity contribution is 5.72. The molecule has 2 heterocycles. The summed E-state index contributed by atoms with van der Waals surface area (Å²) in [6.45, 7) is 1.13. The third-order valence-corrected chi connectivity index (χ3v) is 1.26. The summed E-state index contributed by atoms with van der Waals surface area (Å²) in [6.07, 6.45) is 2.55. The van der Waals surface area contributed by atoms with Gasteiger partial charge in [0.15, 0.2) is 6.61 Å². The number of hydrogen-bond acceptors (Lipinski definition) is 6. The number of cyclic esters (lactones) is 2. The molecule has 2 rings (SSSR count). The van der Waals surface area contributed by atoms with Crippen LogP contribution in [0, 0.1) is 0 Å². The number of rotatable bonds is 0. The van der Waals surface area contributed by atoms with Crippen molar-refractivity contribution in [3.63, 3.8) is 0 Å². The summed E-state index contributed by atoms with van der Waals surface area (Å²) >= 11 is 0. The summed E-state index contributed by atoms with van der Waals surface area (Å²) in [4.78, 5) is 20.2. The Morgan fingerprint density at radius 3 is 2.14 bits per heavy atom. The van der Waals surface area contributed by atoms with Gasteiger partial charge in [-0.3, -0.25) is 0 Å². The summed E-state index contributed by atoms with van der Waals surface area (Å²) < 4.78 is 18.1. The van der Waals surface area contributed by atoms with Gasteiger partial charge in [0.25, 0.3) is 0 Å². The zero-order valence-electron chi connectivity index (χ0n) is 7.43. The minimum absolute atomic E-state index is 0.0382. The smallest absolute Gasteiger partial charge is 0.349 e. The molecule has 14 heavy (non-hydrogen) atoms. The van der Waals surface area contributed by atoms with Crippen LogP contribution >= 0.6 is 0 Å². The summed E-state index contributed by atoms with van der Waals surface area (Å²) in [7, 11) is 0. The van der Waals surface area contributed by atoms with Crippen molar-refractivity contribution < 1.29 is 28.5 Å². The lowest BCUT2D eigenvalue weighted by Gasteiger charge is -2.09. The molecule has 0 aromatic carbocycles. The van der Waals surface area contributed by atoms with E-state index in [2.05, 4.69) is 14.2 Å². The Balaban J connectivity index is 0.000000140. The molecule has 1 fully saturated rings. The van der Waals surface area contributed by atoms with Crippen molar-refractivity contribution in [2.45, 2.75) is 0 Å². The molecular formula is C8H10O6. The zero-order valence-corrected chi connectivity index (χ0v) is 7.43. The molecule has 0 saturated carbocycles. The van der Waals surface area contributed by atoms with Gasteiger partial charge in [-0.05, 0) is 0 Å². The van der Waals surface area contributed by atoms with Crippen LogP contribution in [0.5, 0.6) is 0 Å². The Hall–Kier alpha value is -1.56. The van der Waals surface area contributed by atoms with Crippen molar-refractivity contribution in [3.05, 3.63) is 12.5 Å². The number of carbonyl (C=O) groups excluding carboxylic acids is 2. The van der Waals surface area contributed by atoms with E-state index in [1.165, 1.54) is 12.5 Å². The SMILES string of the molecule is O=C1COC=CO1.O=C1COCCO1. The van der Waals surface area contributed by atoms with Crippen LogP contribution in [0.2, 0.25) is 0 Å². The first-order valence-electron chi connectivity index (χ1n) is 3.98. The van der Waals surface area contributed by atoms with Gasteiger partial charge in [-0.1, -0.05) is 0 Å². The Morgan fingerprint density at radius 2 is 1.86 bits per heavy atom. The quantitative estimate of drug-likeness (QED) is 0.497. The van der Waals surface area contributed by atoms with E-state index in [9.17, 15) is 9.59 Å². The second-order valence-electron chi connectivity index (χ2n) is 2.35. The van der Waals surface area contributed by atoms with Crippen LogP contribution in [0.1, 0.15) is 0 Å². The van der Waals surface area contributed by atoms with Gasteiger partial charge in [-0.25, -0.2) is 9.59 Å². The van der Waals surface area contributed by atoms with Crippen LogP contribution in [0.15, 0.2) is 12.5 Å². The third kappa shape index (κ3) is 4.46. The van der Waals surface area contributed by atoms with Gasteiger partial charge in [0.2, 0.25) is 0 Å². The molecule has 0 aromatic heterocycles. The fraction of sp³-hybridized carbons (Fsp3) is 0.500. The van der Waals surface area contributed by atoms with E-state index in [0.29, 0.717) is 13.2 Å². The van der Waals surface area contributed by atoms with E-state index < -0.39 is 0 Å². The molecule has 2 aliphatic rings. The largest absolute Gasteiger partial charge is 0.486 e. The van der Waals surface area contributed by atoms with E-state index in [-0.39, 0.29) is 25.2 Å². The molecular weight excluding hydrogens is 192 g/mol. The summed E-state index contributed by atoms with van der Waals surface area (Å²) in [5.74, 6) is -0.603. The molecule has 78 valence electrons. The second-order valence-corrected chi connectivity index (χ2v) is 2.35. The van der Waals surface area contributed by atoms with Crippen LogP contribution in [-0.2, 0) is 28.5 Å². The van der Waals surface area contributed by atoms with Gasteiger partial charge in [-0.2, -0.15) is 0 Å². The molecule has 6 heteroatoms. The molecule has 0 atom stereocenters. The first kappa shape index (κ1) is 10.5. The molecule has 2 aliphatic heterocycles. The van der Waals surface area contributed by atoms with Gasteiger partial charge in [-0.15, -0.1) is 0 Å². The van der Waals surface area contributed by atoms with Crippen molar-refractivity contribution >= 4 is 11.9 Å². The molecule has 0 aromatic rings. The van der Waals surface area contributed by atoms with Crippen molar-refractivity contribution in [1.29, 1.82) is 0 Å². The van der Waals surface area contributed by atoms with E-state index in [1.807, 2.05) is 0 Å². The predicted octanol–water partition coefficient (Wildman–Crippen LogP) is -0.409. The maximum Gasteiger partial charge on any atom is 0.349 e. The Morgan fingerprint density at radius 1 is 1.00 bits per heavy atom. The zero-order chi connectivity index (χ0) is 10.2. The van der Waals surface area contributed by atoms with E-state index in [1.54, 1.807) is 0 Å².